The highest BCUT2D eigenvalue weighted by atomic mass is 16.5. The van der Waals surface area contributed by atoms with Crippen LogP contribution < -0.4 is 11.1 Å². The molecule has 0 fully saturated rings. The van der Waals surface area contributed by atoms with E-state index in [1.165, 1.54) is 19.1 Å². The number of carbonyl (C=O) groups excluding carboxylic acids is 3. The summed E-state index contributed by atoms with van der Waals surface area (Å²) >= 11 is 0. The first kappa shape index (κ1) is 20.1. The molecule has 7 nitrogen and oxygen atoms in total. The van der Waals surface area contributed by atoms with Gasteiger partial charge in [0.25, 0.3) is 5.91 Å². The minimum atomic E-state index is -0.986. The van der Waals surface area contributed by atoms with Crippen molar-refractivity contribution < 1.29 is 23.5 Å². The van der Waals surface area contributed by atoms with E-state index >= 15 is 0 Å². The Hall–Kier alpha value is -3.61. The van der Waals surface area contributed by atoms with Gasteiger partial charge in [0.05, 0.1) is 12.7 Å². The average Bonchev–Trinajstić information content (AvgIpc) is 3.08. The highest BCUT2D eigenvalue weighted by Crippen LogP contribution is 2.27. The Morgan fingerprint density at radius 3 is 2.45 bits per heavy atom. The smallest absolute Gasteiger partial charge is 0.311 e. The van der Waals surface area contributed by atoms with Crippen LogP contribution in [-0.2, 0) is 20.7 Å². The van der Waals surface area contributed by atoms with Crippen molar-refractivity contribution in [2.75, 3.05) is 5.32 Å². The lowest BCUT2D eigenvalue weighted by Crippen LogP contribution is -2.30. The first-order valence-corrected chi connectivity index (χ1v) is 9.12. The summed E-state index contributed by atoms with van der Waals surface area (Å²) < 4.78 is 10.9. The van der Waals surface area contributed by atoms with E-state index in [9.17, 15) is 14.4 Å². The quantitative estimate of drug-likeness (QED) is 0.623. The summed E-state index contributed by atoms with van der Waals surface area (Å²) in [6.45, 7) is 5.45. The van der Waals surface area contributed by atoms with E-state index in [2.05, 4.69) is 5.32 Å². The Morgan fingerprint density at radius 2 is 1.79 bits per heavy atom. The lowest BCUT2D eigenvalue weighted by molar-refractivity contribution is -0.152. The molecule has 0 radical (unpaired) electrons. The molecule has 0 aliphatic carbocycles. The Balaban J connectivity index is 1.61. The number of hydrogen-bond acceptors (Lipinski definition) is 5. The lowest BCUT2D eigenvalue weighted by atomic mass is 10.0. The van der Waals surface area contributed by atoms with Gasteiger partial charge in [0.15, 0.2) is 6.10 Å². The van der Waals surface area contributed by atoms with Crippen LogP contribution in [-0.4, -0.2) is 23.9 Å². The summed E-state index contributed by atoms with van der Waals surface area (Å²) in [5.41, 5.74) is 9.57. The molecular formula is C22H22N2O5. The van der Waals surface area contributed by atoms with E-state index < -0.39 is 23.9 Å². The summed E-state index contributed by atoms with van der Waals surface area (Å²) in [4.78, 5) is 35.6. The summed E-state index contributed by atoms with van der Waals surface area (Å²) in [6.07, 6.45) is 0.560. The predicted molar refractivity (Wildman–Crippen MR) is 109 cm³/mol. The fourth-order valence-electron chi connectivity index (χ4n) is 2.93. The number of amides is 2. The second kappa shape index (κ2) is 8.18. The van der Waals surface area contributed by atoms with Crippen LogP contribution in [0.4, 0.5) is 5.69 Å². The van der Waals surface area contributed by atoms with Crippen LogP contribution in [0.15, 0.2) is 47.1 Å². The fourth-order valence-corrected chi connectivity index (χ4v) is 2.93. The van der Waals surface area contributed by atoms with Crippen LogP contribution >= 0.6 is 0 Å². The lowest BCUT2D eigenvalue weighted by Gasteiger charge is -2.13. The third-order valence-electron chi connectivity index (χ3n) is 4.79. The summed E-state index contributed by atoms with van der Waals surface area (Å²) in [5, 5.41) is 3.49. The number of nitrogens with one attached hydrogen (secondary N) is 1. The van der Waals surface area contributed by atoms with Crippen molar-refractivity contribution in [1.82, 2.24) is 0 Å². The summed E-state index contributed by atoms with van der Waals surface area (Å²) in [6, 6.07) is 9.99. The van der Waals surface area contributed by atoms with E-state index in [0.29, 0.717) is 16.8 Å². The van der Waals surface area contributed by atoms with Crippen LogP contribution in [0.25, 0.3) is 11.0 Å². The van der Waals surface area contributed by atoms with E-state index in [0.717, 1.165) is 22.1 Å². The highest BCUT2D eigenvalue weighted by Gasteiger charge is 2.20. The van der Waals surface area contributed by atoms with Crippen LogP contribution in [0.2, 0.25) is 0 Å². The largest absolute Gasteiger partial charge is 0.464 e. The van der Waals surface area contributed by atoms with Gasteiger partial charge in [0, 0.05) is 22.2 Å². The average molecular weight is 394 g/mol. The van der Waals surface area contributed by atoms with Gasteiger partial charge in [0.1, 0.15) is 5.58 Å². The minimum absolute atomic E-state index is 0.000426. The number of furan rings is 1. The van der Waals surface area contributed by atoms with Crippen LogP contribution in [0.3, 0.4) is 0 Å². The number of nitrogens with two attached hydrogens (primary N) is 1. The van der Waals surface area contributed by atoms with Gasteiger partial charge < -0.3 is 20.2 Å². The molecule has 0 unspecified atom stereocenters. The number of aryl methyl sites for hydroxylation is 2. The van der Waals surface area contributed by atoms with Gasteiger partial charge in [-0.25, -0.2) is 0 Å². The Kier molecular flexibility index (Phi) is 5.68. The predicted octanol–water partition coefficient (Wildman–Crippen LogP) is 3.26. The van der Waals surface area contributed by atoms with Crippen molar-refractivity contribution >= 4 is 34.4 Å². The van der Waals surface area contributed by atoms with Crippen molar-refractivity contribution in [1.29, 1.82) is 0 Å². The van der Waals surface area contributed by atoms with Crippen molar-refractivity contribution in [3.05, 3.63) is 64.9 Å². The van der Waals surface area contributed by atoms with E-state index in [1.54, 1.807) is 18.4 Å². The molecule has 150 valence electrons. The molecule has 0 saturated carbocycles. The number of fused-ring (bicyclic) bond motifs is 1. The maximum Gasteiger partial charge on any atom is 0.311 e. The highest BCUT2D eigenvalue weighted by molar-refractivity contribution is 5.97. The number of ether oxygens (including phenoxy) is 1. The normalized spacial score (nSPS) is 11.8. The molecule has 0 aliphatic rings. The van der Waals surface area contributed by atoms with E-state index in [4.69, 9.17) is 14.9 Å². The van der Waals surface area contributed by atoms with Gasteiger partial charge in [0.2, 0.25) is 5.91 Å². The zero-order chi connectivity index (χ0) is 21.1. The second-order valence-electron chi connectivity index (χ2n) is 6.88. The summed E-state index contributed by atoms with van der Waals surface area (Å²) in [7, 11) is 0. The molecule has 3 rings (SSSR count). The Labute approximate surface area is 167 Å². The number of anilines is 1. The number of hydrogen-bond donors (Lipinski definition) is 2. The number of carbonyl (C=O) groups is 3. The Bertz CT molecular complexity index is 1080. The van der Waals surface area contributed by atoms with E-state index in [1.807, 2.05) is 26.0 Å². The maximum absolute atomic E-state index is 12.3. The summed E-state index contributed by atoms with van der Waals surface area (Å²) in [5.74, 6) is -1.56. The molecule has 1 atom stereocenters. The van der Waals surface area contributed by atoms with E-state index in [-0.39, 0.29) is 6.42 Å². The van der Waals surface area contributed by atoms with Crippen molar-refractivity contribution in [3.63, 3.8) is 0 Å². The molecule has 29 heavy (non-hydrogen) atoms. The molecule has 0 bridgehead atoms. The van der Waals surface area contributed by atoms with Gasteiger partial charge in [-0.15, -0.1) is 0 Å². The fraction of sp³-hybridized carbons (Fsp3) is 0.227. The molecule has 1 aromatic heterocycles. The molecule has 2 aromatic carbocycles. The maximum atomic E-state index is 12.3. The molecule has 7 heteroatoms. The van der Waals surface area contributed by atoms with Crippen molar-refractivity contribution in [2.45, 2.75) is 33.3 Å². The molecule has 3 aromatic rings. The second-order valence-corrected chi connectivity index (χ2v) is 6.88. The minimum Gasteiger partial charge on any atom is -0.464 e. The standard InChI is InChI=1S/C22H22N2O5/c1-12-4-9-18-16(11-28-20(18)13(12)2)10-19(25)29-14(3)22(27)24-17-7-5-15(6-8-17)21(23)26/h4-9,11,14H,10H2,1-3H3,(H2,23,26)(H,24,27)/t14-/m1/s1. The zero-order valence-corrected chi connectivity index (χ0v) is 16.4. The topological polar surface area (TPSA) is 112 Å². The number of rotatable bonds is 6. The monoisotopic (exact) mass is 394 g/mol. The van der Waals surface area contributed by atoms with Gasteiger partial charge >= 0.3 is 5.97 Å². The SMILES string of the molecule is Cc1ccc2c(CC(=O)O[C@H](C)C(=O)Nc3ccc(C(N)=O)cc3)coc2c1C. The van der Waals surface area contributed by atoms with Crippen molar-refractivity contribution in [2.24, 2.45) is 5.73 Å². The molecule has 0 saturated heterocycles. The molecule has 0 spiro atoms. The molecule has 2 amide bonds. The number of benzene rings is 2. The van der Waals surface area contributed by atoms with Gasteiger partial charge in [-0.2, -0.15) is 0 Å². The first-order valence-electron chi connectivity index (χ1n) is 9.12. The third-order valence-corrected chi connectivity index (χ3v) is 4.79. The van der Waals surface area contributed by atoms with Gasteiger partial charge in [-0.3, -0.25) is 14.4 Å². The first-order chi connectivity index (χ1) is 13.8. The number of esters is 1. The third kappa shape index (κ3) is 4.45. The molecule has 0 aliphatic heterocycles. The molecule has 1 heterocycles. The van der Waals surface area contributed by atoms with Crippen LogP contribution in [0, 0.1) is 13.8 Å². The van der Waals surface area contributed by atoms with Crippen LogP contribution in [0.5, 0.6) is 0 Å². The van der Waals surface area contributed by atoms with Crippen molar-refractivity contribution in [3.8, 4) is 0 Å². The van der Waals surface area contributed by atoms with Gasteiger partial charge in [-0.1, -0.05) is 12.1 Å². The van der Waals surface area contributed by atoms with Crippen LogP contribution in [0.1, 0.15) is 34.0 Å². The van der Waals surface area contributed by atoms with Gasteiger partial charge in [-0.05, 0) is 56.2 Å². The Morgan fingerprint density at radius 1 is 1.10 bits per heavy atom. The number of primary amides is 1. The zero-order valence-electron chi connectivity index (χ0n) is 16.4. The molecule has 3 N–H and O–H groups in total. The molecular weight excluding hydrogens is 372 g/mol.